The number of halogens is 3. The second-order valence-electron chi connectivity index (χ2n) is 11.0. The molecule has 160 valence electrons. The number of nitrogens with two attached hydrogens (primary N) is 1. The largest absolute Gasteiger partial charge is 0.405 e. The van der Waals surface area contributed by atoms with Gasteiger partial charge in [0.15, 0.2) is 0 Å². The first-order valence-corrected chi connectivity index (χ1v) is 11.6. The zero-order chi connectivity index (χ0) is 20.2. The fraction of sp³-hybridized carbons (Fsp3) is 0.917. The zero-order valence-electron chi connectivity index (χ0n) is 17.6. The van der Waals surface area contributed by atoms with Crippen LogP contribution in [-0.2, 0) is 0 Å². The van der Waals surface area contributed by atoms with Crippen molar-refractivity contribution in [1.82, 2.24) is 0 Å². The molecule has 4 aliphatic carbocycles. The maximum Gasteiger partial charge on any atom is 0.391 e. The lowest BCUT2D eigenvalue weighted by Crippen LogP contribution is -2.54. The average molecular weight is 398 g/mol. The Labute approximate surface area is 168 Å². The normalized spacial score (nSPS) is 48.9. The molecule has 0 amide bonds. The molecule has 4 rings (SSSR count). The first-order valence-electron chi connectivity index (χ1n) is 11.6. The summed E-state index contributed by atoms with van der Waals surface area (Å²) in [6.07, 6.45) is 11.0. The molecule has 0 radical (unpaired) electrons. The summed E-state index contributed by atoms with van der Waals surface area (Å²) in [5.74, 6) is 2.21. The van der Waals surface area contributed by atoms with Gasteiger partial charge in [-0.05, 0) is 117 Å². The summed E-state index contributed by atoms with van der Waals surface area (Å²) in [6, 6.07) is 0. The van der Waals surface area contributed by atoms with Gasteiger partial charge >= 0.3 is 6.18 Å². The Balaban J connectivity index is 1.49. The lowest BCUT2D eigenvalue weighted by Gasteiger charge is -2.61. The molecule has 28 heavy (non-hydrogen) atoms. The molecule has 4 aliphatic rings. The van der Waals surface area contributed by atoms with Crippen LogP contribution in [0.15, 0.2) is 12.3 Å². The van der Waals surface area contributed by atoms with E-state index in [-0.39, 0.29) is 11.3 Å². The van der Waals surface area contributed by atoms with Gasteiger partial charge in [0.2, 0.25) is 0 Å². The highest BCUT2D eigenvalue weighted by Crippen LogP contribution is 2.68. The molecule has 0 bridgehead atoms. The number of rotatable bonds is 3. The van der Waals surface area contributed by atoms with Gasteiger partial charge in [-0.2, -0.15) is 13.2 Å². The molecule has 0 aromatic carbocycles. The SMILES string of the molecule is CC12CCC3C(CCC4CC(C(F)(F)F)CCC43C)C1CCC2CCC=CN. The molecule has 0 aliphatic heterocycles. The van der Waals surface area contributed by atoms with Crippen molar-refractivity contribution in [2.45, 2.75) is 90.7 Å². The third kappa shape index (κ3) is 3.21. The van der Waals surface area contributed by atoms with Crippen molar-refractivity contribution in [3.63, 3.8) is 0 Å². The molecule has 0 spiro atoms. The van der Waals surface area contributed by atoms with Crippen molar-refractivity contribution in [1.29, 1.82) is 0 Å². The summed E-state index contributed by atoms with van der Waals surface area (Å²) in [7, 11) is 0. The Kier molecular flexibility index (Phi) is 5.32. The molecule has 0 heterocycles. The number of hydrogen-bond donors (Lipinski definition) is 1. The maximum absolute atomic E-state index is 13.3. The molecule has 0 aromatic rings. The van der Waals surface area contributed by atoms with Crippen LogP contribution in [0.25, 0.3) is 0 Å². The van der Waals surface area contributed by atoms with Crippen molar-refractivity contribution in [2.75, 3.05) is 0 Å². The molecule has 4 fully saturated rings. The highest BCUT2D eigenvalue weighted by atomic mass is 19.4. The van der Waals surface area contributed by atoms with Crippen molar-refractivity contribution in [2.24, 2.45) is 52.1 Å². The second kappa shape index (κ2) is 7.23. The van der Waals surface area contributed by atoms with Crippen LogP contribution in [0, 0.1) is 46.3 Å². The lowest BCUT2D eigenvalue weighted by molar-refractivity contribution is -0.208. The summed E-state index contributed by atoms with van der Waals surface area (Å²) < 4.78 is 40.0. The van der Waals surface area contributed by atoms with Crippen molar-refractivity contribution in [3.8, 4) is 0 Å². The third-order valence-electron chi connectivity index (χ3n) is 10.1. The van der Waals surface area contributed by atoms with Crippen molar-refractivity contribution >= 4 is 0 Å². The van der Waals surface area contributed by atoms with Crippen molar-refractivity contribution < 1.29 is 13.2 Å². The van der Waals surface area contributed by atoms with Gasteiger partial charge in [0, 0.05) is 0 Å². The quantitative estimate of drug-likeness (QED) is 0.541. The fourth-order valence-corrected chi connectivity index (χ4v) is 8.53. The minimum absolute atomic E-state index is 0.145. The average Bonchev–Trinajstić information content (AvgIpc) is 2.97. The summed E-state index contributed by atoms with van der Waals surface area (Å²) in [4.78, 5) is 0. The zero-order valence-corrected chi connectivity index (χ0v) is 17.6. The topological polar surface area (TPSA) is 26.0 Å². The molecule has 0 saturated heterocycles. The van der Waals surface area contributed by atoms with Crippen LogP contribution in [0.4, 0.5) is 13.2 Å². The molecule has 8 unspecified atom stereocenters. The number of fused-ring (bicyclic) bond motifs is 5. The van der Waals surface area contributed by atoms with E-state index in [4.69, 9.17) is 5.73 Å². The lowest BCUT2D eigenvalue weighted by atomic mass is 9.44. The minimum atomic E-state index is -4.00. The van der Waals surface area contributed by atoms with E-state index in [0.29, 0.717) is 24.2 Å². The second-order valence-corrected chi connectivity index (χ2v) is 11.0. The molecule has 4 saturated carbocycles. The summed E-state index contributed by atoms with van der Waals surface area (Å²) in [5.41, 5.74) is 6.11. The Hall–Kier alpha value is -0.670. The molecule has 8 atom stereocenters. The third-order valence-corrected chi connectivity index (χ3v) is 10.1. The highest BCUT2D eigenvalue weighted by molar-refractivity contribution is 5.09. The number of alkyl halides is 3. The monoisotopic (exact) mass is 397 g/mol. The summed E-state index contributed by atoms with van der Waals surface area (Å²) in [6.45, 7) is 4.90. The fourth-order valence-electron chi connectivity index (χ4n) is 8.53. The van der Waals surface area contributed by atoms with Gasteiger partial charge in [-0.15, -0.1) is 0 Å². The van der Waals surface area contributed by atoms with Gasteiger partial charge in [0.25, 0.3) is 0 Å². The van der Waals surface area contributed by atoms with Gasteiger partial charge < -0.3 is 5.73 Å². The molecule has 2 N–H and O–H groups in total. The van der Waals surface area contributed by atoms with E-state index < -0.39 is 12.1 Å². The predicted molar refractivity (Wildman–Crippen MR) is 107 cm³/mol. The van der Waals surface area contributed by atoms with E-state index in [2.05, 4.69) is 19.9 Å². The van der Waals surface area contributed by atoms with Crippen LogP contribution in [0.1, 0.15) is 84.5 Å². The van der Waals surface area contributed by atoms with Gasteiger partial charge in [0.05, 0.1) is 5.92 Å². The van der Waals surface area contributed by atoms with Gasteiger partial charge in [0.1, 0.15) is 0 Å². The maximum atomic E-state index is 13.3. The Bertz CT molecular complexity index is 599. The van der Waals surface area contributed by atoms with Crippen molar-refractivity contribution in [3.05, 3.63) is 12.3 Å². The highest BCUT2D eigenvalue weighted by Gasteiger charge is 2.61. The smallest absolute Gasteiger partial charge is 0.391 e. The minimum Gasteiger partial charge on any atom is -0.405 e. The Morgan fingerprint density at radius 2 is 1.64 bits per heavy atom. The van der Waals surface area contributed by atoms with E-state index in [0.717, 1.165) is 37.0 Å². The first-order chi connectivity index (χ1) is 13.2. The van der Waals surface area contributed by atoms with E-state index >= 15 is 0 Å². The molecule has 0 aromatic heterocycles. The molecule has 4 heteroatoms. The van der Waals surface area contributed by atoms with E-state index in [9.17, 15) is 13.2 Å². The standard InChI is InChI=1S/C24H38F3N/c1-22-13-11-21-19(20(22)9-7-16(22)5-3-4-14-28)8-6-17-15-18(24(25,26)27)10-12-23(17,21)2/h4,14,16-21H,3,5-13,15,28H2,1-2H3. The Morgan fingerprint density at radius 1 is 0.929 bits per heavy atom. The van der Waals surface area contributed by atoms with Crippen LogP contribution < -0.4 is 5.73 Å². The van der Waals surface area contributed by atoms with E-state index in [1.54, 1.807) is 6.20 Å². The summed E-state index contributed by atoms with van der Waals surface area (Å²) >= 11 is 0. The van der Waals surface area contributed by atoms with Gasteiger partial charge in [-0.1, -0.05) is 19.9 Å². The summed E-state index contributed by atoms with van der Waals surface area (Å²) in [5, 5.41) is 0. The van der Waals surface area contributed by atoms with Crippen LogP contribution >= 0.6 is 0 Å². The molecular formula is C24H38F3N. The first kappa shape index (κ1) is 20.6. The number of hydrogen-bond acceptors (Lipinski definition) is 1. The van der Waals surface area contributed by atoms with Crippen LogP contribution in [0.2, 0.25) is 0 Å². The van der Waals surface area contributed by atoms with Crippen LogP contribution in [0.3, 0.4) is 0 Å². The van der Waals surface area contributed by atoms with Gasteiger partial charge in [-0.3, -0.25) is 0 Å². The van der Waals surface area contributed by atoms with E-state index in [1.165, 1.54) is 38.5 Å². The van der Waals surface area contributed by atoms with Crippen LogP contribution in [0.5, 0.6) is 0 Å². The van der Waals surface area contributed by atoms with E-state index in [1.807, 2.05) is 0 Å². The predicted octanol–water partition coefficient (Wildman–Crippen LogP) is 7.08. The molecule has 1 nitrogen and oxygen atoms in total. The number of allylic oxidation sites excluding steroid dienone is 1. The van der Waals surface area contributed by atoms with Crippen LogP contribution in [-0.4, -0.2) is 6.18 Å². The Morgan fingerprint density at radius 3 is 2.36 bits per heavy atom. The molecular weight excluding hydrogens is 359 g/mol. The van der Waals surface area contributed by atoms with Gasteiger partial charge in [-0.25, -0.2) is 0 Å².